The van der Waals surface area contributed by atoms with Crippen LogP contribution in [0.4, 0.5) is 5.69 Å². The molecule has 0 aliphatic carbocycles. The van der Waals surface area contributed by atoms with Gasteiger partial charge in [0.05, 0.1) is 6.07 Å². The summed E-state index contributed by atoms with van der Waals surface area (Å²) in [6, 6.07) is 8.24. The van der Waals surface area contributed by atoms with Crippen LogP contribution in [0.3, 0.4) is 0 Å². The van der Waals surface area contributed by atoms with Crippen molar-refractivity contribution in [2.75, 3.05) is 5.32 Å². The first-order chi connectivity index (χ1) is 6.67. The van der Waals surface area contributed by atoms with Crippen LogP contribution in [0.2, 0.25) is 0 Å². The number of hydrogen-bond acceptors (Lipinski definition) is 2. The first kappa shape index (κ1) is 10.6. The molecule has 1 rings (SSSR count). The molecule has 1 aromatic rings. The Morgan fingerprint density at radius 2 is 2.21 bits per heavy atom. The molecule has 0 saturated carbocycles. The molecule has 14 heavy (non-hydrogen) atoms. The molecule has 0 fully saturated rings. The highest BCUT2D eigenvalue weighted by Gasteiger charge is 2.01. The predicted octanol–water partition coefficient (Wildman–Crippen LogP) is 2.88. The zero-order chi connectivity index (χ0) is 10.6. The fourth-order valence-electron chi connectivity index (χ4n) is 1.46. The van der Waals surface area contributed by atoms with Crippen molar-refractivity contribution in [2.45, 2.75) is 33.2 Å². The first-order valence-corrected chi connectivity index (χ1v) is 4.93. The topological polar surface area (TPSA) is 35.8 Å². The van der Waals surface area contributed by atoms with E-state index < -0.39 is 0 Å². The lowest BCUT2D eigenvalue weighted by molar-refractivity contribution is 1.01. The van der Waals surface area contributed by atoms with Gasteiger partial charge in [0.1, 0.15) is 6.04 Å². The van der Waals surface area contributed by atoms with Gasteiger partial charge in [0.25, 0.3) is 0 Å². The third kappa shape index (κ3) is 2.50. The van der Waals surface area contributed by atoms with Gasteiger partial charge < -0.3 is 5.32 Å². The summed E-state index contributed by atoms with van der Waals surface area (Å²) in [6.07, 6.45) is 1.06. The molecule has 0 aromatic heterocycles. The SMILES string of the molecule is CCc1ccc(NC(C)C#N)cc1C. The van der Waals surface area contributed by atoms with Gasteiger partial charge in [-0.3, -0.25) is 0 Å². The molecule has 1 unspecified atom stereocenters. The number of rotatable bonds is 3. The fraction of sp³-hybridized carbons (Fsp3) is 0.417. The number of benzene rings is 1. The normalized spacial score (nSPS) is 11.9. The van der Waals surface area contributed by atoms with E-state index >= 15 is 0 Å². The summed E-state index contributed by atoms with van der Waals surface area (Å²) >= 11 is 0. The Balaban J connectivity index is 2.82. The van der Waals surface area contributed by atoms with Gasteiger partial charge in [-0.25, -0.2) is 0 Å². The van der Waals surface area contributed by atoms with Crippen molar-refractivity contribution >= 4 is 5.69 Å². The highest BCUT2D eigenvalue weighted by atomic mass is 14.9. The fourth-order valence-corrected chi connectivity index (χ4v) is 1.46. The summed E-state index contributed by atoms with van der Waals surface area (Å²) in [5.41, 5.74) is 3.66. The van der Waals surface area contributed by atoms with Gasteiger partial charge in [0.15, 0.2) is 0 Å². The molecule has 2 nitrogen and oxygen atoms in total. The number of nitrogens with zero attached hydrogens (tertiary/aromatic N) is 1. The molecule has 74 valence electrons. The maximum absolute atomic E-state index is 8.65. The van der Waals surface area contributed by atoms with E-state index in [9.17, 15) is 0 Å². The van der Waals surface area contributed by atoms with Crippen LogP contribution in [0.5, 0.6) is 0 Å². The average Bonchev–Trinajstić information content (AvgIpc) is 2.18. The lowest BCUT2D eigenvalue weighted by Crippen LogP contribution is -2.12. The first-order valence-electron chi connectivity index (χ1n) is 4.93. The van der Waals surface area contributed by atoms with Crippen LogP contribution in [0.25, 0.3) is 0 Å². The zero-order valence-corrected chi connectivity index (χ0v) is 8.96. The summed E-state index contributed by atoms with van der Waals surface area (Å²) in [5.74, 6) is 0. The van der Waals surface area contributed by atoms with Crippen LogP contribution in [-0.2, 0) is 6.42 Å². The molecule has 0 aliphatic rings. The van der Waals surface area contributed by atoms with Crippen LogP contribution < -0.4 is 5.32 Å². The largest absolute Gasteiger partial charge is 0.370 e. The minimum Gasteiger partial charge on any atom is -0.370 e. The van der Waals surface area contributed by atoms with Crippen molar-refractivity contribution in [3.63, 3.8) is 0 Å². The van der Waals surface area contributed by atoms with E-state index in [1.807, 2.05) is 13.0 Å². The summed E-state index contributed by atoms with van der Waals surface area (Å²) < 4.78 is 0. The summed E-state index contributed by atoms with van der Waals surface area (Å²) in [5, 5.41) is 11.8. The monoisotopic (exact) mass is 188 g/mol. The molecular formula is C12H16N2. The van der Waals surface area contributed by atoms with Crippen molar-refractivity contribution in [1.82, 2.24) is 0 Å². The summed E-state index contributed by atoms with van der Waals surface area (Å²) in [4.78, 5) is 0. The maximum Gasteiger partial charge on any atom is 0.111 e. The van der Waals surface area contributed by atoms with Gasteiger partial charge in [-0.15, -0.1) is 0 Å². The smallest absolute Gasteiger partial charge is 0.111 e. The molecule has 0 aliphatic heterocycles. The highest BCUT2D eigenvalue weighted by molar-refractivity contribution is 5.49. The molecular weight excluding hydrogens is 172 g/mol. The Hall–Kier alpha value is -1.49. The third-order valence-corrected chi connectivity index (χ3v) is 2.30. The van der Waals surface area contributed by atoms with E-state index in [4.69, 9.17) is 5.26 Å². The highest BCUT2D eigenvalue weighted by Crippen LogP contribution is 2.16. The van der Waals surface area contributed by atoms with E-state index in [1.165, 1.54) is 11.1 Å². The average molecular weight is 188 g/mol. The Bertz CT molecular complexity index is 350. The lowest BCUT2D eigenvalue weighted by atomic mass is 10.1. The zero-order valence-electron chi connectivity index (χ0n) is 8.96. The number of anilines is 1. The number of aryl methyl sites for hydroxylation is 2. The second kappa shape index (κ2) is 4.66. The Morgan fingerprint density at radius 3 is 2.71 bits per heavy atom. The van der Waals surface area contributed by atoms with Gasteiger partial charge >= 0.3 is 0 Å². The molecule has 1 atom stereocenters. The quantitative estimate of drug-likeness (QED) is 0.791. The number of nitrogens with one attached hydrogen (secondary N) is 1. The standard InChI is InChI=1S/C12H16N2/c1-4-11-5-6-12(7-9(11)2)14-10(3)8-13/h5-7,10,14H,4H2,1-3H3. The predicted molar refractivity (Wildman–Crippen MR) is 59.3 cm³/mol. The van der Waals surface area contributed by atoms with Gasteiger partial charge in [0.2, 0.25) is 0 Å². The Labute approximate surface area is 85.6 Å². The van der Waals surface area contributed by atoms with E-state index in [0.29, 0.717) is 0 Å². The molecule has 1 N–H and O–H groups in total. The minimum absolute atomic E-state index is 0.137. The summed E-state index contributed by atoms with van der Waals surface area (Å²) in [7, 11) is 0. The van der Waals surface area contributed by atoms with Crippen molar-refractivity contribution in [3.05, 3.63) is 29.3 Å². The molecule has 0 heterocycles. The molecule has 1 aromatic carbocycles. The molecule has 0 saturated heterocycles. The van der Waals surface area contributed by atoms with E-state index in [-0.39, 0.29) is 6.04 Å². The van der Waals surface area contributed by atoms with Crippen molar-refractivity contribution in [1.29, 1.82) is 5.26 Å². The van der Waals surface area contributed by atoms with Gasteiger partial charge in [-0.2, -0.15) is 5.26 Å². The van der Waals surface area contributed by atoms with E-state index in [1.54, 1.807) is 0 Å². The summed E-state index contributed by atoms with van der Waals surface area (Å²) in [6.45, 7) is 6.09. The van der Waals surface area contributed by atoms with Crippen LogP contribution in [0.15, 0.2) is 18.2 Å². The van der Waals surface area contributed by atoms with Crippen LogP contribution >= 0.6 is 0 Å². The number of nitriles is 1. The number of hydrogen-bond donors (Lipinski definition) is 1. The second-order valence-electron chi connectivity index (χ2n) is 3.49. The van der Waals surface area contributed by atoms with Crippen LogP contribution in [0.1, 0.15) is 25.0 Å². The maximum atomic E-state index is 8.65. The molecule has 2 heteroatoms. The second-order valence-corrected chi connectivity index (χ2v) is 3.49. The molecule has 0 amide bonds. The Morgan fingerprint density at radius 1 is 1.50 bits per heavy atom. The van der Waals surface area contributed by atoms with Crippen molar-refractivity contribution in [2.24, 2.45) is 0 Å². The molecule has 0 radical (unpaired) electrons. The van der Waals surface area contributed by atoms with E-state index in [0.717, 1.165) is 12.1 Å². The van der Waals surface area contributed by atoms with Gasteiger partial charge in [-0.05, 0) is 43.5 Å². The Kier molecular flexibility index (Phi) is 3.53. The molecule has 0 bridgehead atoms. The molecule has 0 spiro atoms. The van der Waals surface area contributed by atoms with E-state index in [2.05, 4.69) is 37.4 Å². The third-order valence-electron chi connectivity index (χ3n) is 2.30. The van der Waals surface area contributed by atoms with Gasteiger partial charge in [-0.1, -0.05) is 13.0 Å². The lowest BCUT2D eigenvalue weighted by Gasteiger charge is -2.10. The van der Waals surface area contributed by atoms with Gasteiger partial charge in [0, 0.05) is 5.69 Å². The minimum atomic E-state index is -0.137. The van der Waals surface area contributed by atoms with Crippen LogP contribution in [0, 0.1) is 18.3 Å². The van der Waals surface area contributed by atoms with Crippen molar-refractivity contribution in [3.8, 4) is 6.07 Å². The van der Waals surface area contributed by atoms with Crippen molar-refractivity contribution < 1.29 is 0 Å². The van der Waals surface area contributed by atoms with Crippen LogP contribution in [-0.4, -0.2) is 6.04 Å².